The van der Waals surface area contributed by atoms with Gasteiger partial charge >= 0.3 is 5.97 Å². The van der Waals surface area contributed by atoms with Gasteiger partial charge in [0, 0.05) is 18.2 Å². The first kappa shape index (κ1) is 26.8. The lowest BCUT2D eigenvalue weighted by Crippen LogP contribution is -2.01. The Balaban J connectivity index is 0.00000204. The highest BCUT2D eigenvalue weighted by Gasteiger charge is 2.15. The van der Waals surface area contributed by atoms with Crippen molar-refractivity contribution < 1.29 is 19.0 Å². The van der Waals surface area contributed by atoms with Gasteiger partial charge < -0.3 is 15.6 Å². The maximum absolute atomic E-state index is 13.5. The average Bonchev–Trinajstić information content (AvgIpc) is 2.79. The number of hydrogen-bond donors (Lipinski definition) is 2. The van der Waals surface area contributed by atoms with Crippen LogP contribution in [0.2, 0.25) is 0 Å². The molecule has 1 heterocycles. The van der Waals surface area contributed by atoms with Crippen LogP contribution in [0.3, 0.4) is 0 Å². The molecule has 3 aromatic carbocycles. The van der Waals surface area contributed by atoms with Crippen molar-refractivity contribution in [1.29, 1.82) is 0 Å². The SMILES string of the molecule is Cc1cc(Oc2cccc(-c3ccc(F)cc3C(=O)O)n2)cc(-c2cccc(CN)c2)c1.Cl.Cl. The predicted octanol–water partition coefficient (Wildman–Crippen LogP) is 6.66. The molecule has 0 radical (unpaired) electrons. The summed E-state index contributed by atoms with van der Waals surface area (Å²) in [6.07, 6.45) is 0. The molecular weight excluding hydrogens is 478 g/mol. The van der Waals surface area contributed by atoms with Gasteiger partial charge in [-0.1, -0.05) is 30.3 Å². The van der Waals surface area contributed by atoms with E-state index in [1.165, 1.54) is 12.1 Å². The summed E-state index contributed by atoms with van der Waals surface area (Å²) in [4.78, 5) is 16.0. The van der Waals surface area contributed by atoms with Gasteiger partial charge in [0.05, 0.1) is 11.3 Å². The number of aromatic carboxylic acids is 1. The van der Waals surface area contributed by atoms with E-state index in [9.17, 15) is 14.3 Å². The summed E-state index contributed by atoms with van der Waals surface area (Å²) < 4.78 is 19.5. The summed E-state index contributed by atoms with van der Waals surface area (Å²) in [5.74, 6) is -0.948. The van der Waals surface area contributed by atoms with Crippen molar-refractivity contribution in [2.75, 3.05) is 0 Å². The monoisotopic (exact) mass is 500 g/mol. The van der Waals surface area contributed by atoms with Gasteiger partial charge in [-0.2, -0.15) is 0 Å². The average molecular weight is 501 g/mol. The highest BCUT2D eigenvalue weighted by atomic mass is 35.5. The molecule has 34 heavy (non-hydrogen) atoms. The maximum atomic E-state index is 13.5. The van der Waals surface area contributed by atoms with Gasteiger partial charge in [0.2, 0.25) is 5.88 Å². The fraction of sp³-hybridized carbons (Fsp3) is 0.0769. The molecular formula is C26H23Cl2FN2O3. The lowest BCUT2D eigenvalue weighted by molar-refractivity contribution is 0.0697. The highest BCUT2D eigenvalue weighted by molar-refractivity contribution is 5.95. The number of hydrogen-bond acceptors (Lipinski definition) is 4. The van der Waals surface area contributed by atoms with Crippen LogP contribution in [0.25, 0.3) is 22.4 Å². The Morgan fingerprint density at radius 3 is 2.47 bits per heavy atom. The summed E-state index contributed by atoms with van der Waals surface area (Å²) in [6, 6.07) is 22.5. The fourth-order valence-electron chi connectivity index (χ4n) is 3.51. The van der Waals surface area contributed by atoms with Crippen LogP contribution in [0, 0.1) is 12.7 Å². The van der Waals surface area contributed by atoms with E-state index in [1.807, 2.05) is 43.3 Å². The highest BCUT2D eigenvalue weighted by Crippen LogP contribution is 2.31. The summed E-state index contributed by atoms with van der Waals surface area (Å²) in [5.41, 5.74) is 10.4. The number of aryl methyl sites for hydroxylation is 1. The molecule has 0 saturated carbocycles. The second-order valence-corrected chi connectivity index (χ2v) is 7.40. The van der Waals surface area contributed by atoms with Crippen molar-refractivity contribution in [2.45, 2.75) is 13.5 Å². The van der Waals surface area contributed by atoms with Gasteiger partial charge in [-0.25, -0.2) is 14.2 Å². The van der Waals surface area contributed by atoms with E-state index >= 15 is 0 Å². The number of carbonyl (C=O) groups is 1. The predicted molar refractivity (Wildman–Crippen MR) is 136 cm³/mol. The summed E-state index contributed by atoms with van der Waals surface area (Å²) in [7, 11) is 0. The van der Waals surface area contributed by atoms with Crippen LogP contribution in [-0.4, -0.2) is 16.1 Å². The number of nitrogens with two attached hydrogens (primary N) is 1. The summed E-state index contributed by atoms with van der Waals surface area (Å²) in [6.45, 7) is 2.44. The number of benzene rings is 3. The van der Waals surface area contributed by atoms with E-state index in [1.54, 1.807) is 18.2 Å². The second-order valence-electron chi connectivity index (χ2n) is 7.40. The number of pyridine rings is 1. The van der Waals surface area contributed by atoms with Crippen molar-refractivity contribution in [2.24, 2.45) is 5.73 Å². The Kier molecular flexibility index (Phi) is 9.15. The number of rotatable bonds is 6. The van der Waals surface area contributed by atoms with Gasteiger partial charge in [0.25, 0.3) is 0 Å². The number of ether oxygens (including phenoxy) is 1. The van der Waals surface area contributed by atoms with E-state index in [0.717, 1.165) is 28.3 Å². The van der Waals surface area contributed by atoms with E-state index in [2.05, 4.69) is 11.1 Å². The smallest absolute Gasteiger partial charge is 0.336 e. The van der Waals surface area contributed by atoms with Crippen LogP contribution in [0.4, 0.5) is 4.39 Å². The molecule has 3 N–H and O–H groups in total. The zero-order chi connectivity index (χ0) is 22.7. The Bertz CT molecular complexity index is 1310. The summed E-state index contributed by atoms with van der Waals surface area (Å²) >= 11 is 0. The number of aromatic nitrogens is 1. The van der Waals surface area contributed by atoms with Gasteiger partial charge in [-0.05, 0) is 71.6 Å². The first-order valence-electron chi connectivity index (χ1n) is 10.0. The minimum atomic E-state index is -1.23. The zero-order valence-corrected chi connectivity index (χ0v) is 19.8. The van der Waals surface area contributed by atoms with Gasteiger partial charge in [-0.3, -0.25) is 0 Å². The molecule has 4 rings (SSSR count). The molecule has 176 valence electrons. The molecule has 0 spiro atoms. The topological polar surface area (TPSA) is 85.4 Å². The molecule has 0 bridgehead atoms. The second kappa shape index (κ2) is 11.6. The van der Waals surface area contributed by atoms with E-state index in [-0.39, 0.29) is 30.4 Å². The quantitative estimate of drug-likeness (QED) is 0.309. The summed E-state index contributed by atoms with van der Waals surface area (Å²) in [5, 5.41) is 9.43. The molecule has 4 aromatic rings. The molecule has 0 amide bonds. The van der Waals surface area contributed by atoms with Crippen molar-refractivity contribution in [1.82, 2.24) is 4.98 Å². The Labute approximate surface area is 209 Å². The molecule has 0 fully saturated rings. The first-order chi connectivity index (χ1) is 15.4. The van der Waals surface area contributed by atoms with Crippen molar-refractivity contribution in [3.8, 4) is 34.0 Å². The largest absolute Gasteiger partial charge is 0.478 e. The molecule has 0 saturated heterocycles. The Hall–Kier alpha value is -3.45. The van der Waals surface area contributed by atoms with Gasteiger partial charge in [0.15, 0.2) is 0 Å². The van der Waals surface area contributed by atoms with Crippen LogP contribution in [0.5, 0.6) is 11.6 Å². The van der Waals surface area contributed by atoms with Crippen LogP contribution < -0.4 is 10.5 Å². The molecule has 8 heteroatoms. The minimum Gasteiger partial charge on any atom is -0.478 e. The van der Waals surface area contributed by atoms with E-state index in [0.29, 0.717) is 29.4 Å². The third kappa shape index (κ3) is 6.11. The maximum Gasteiger partial charge on any atom is 0.336 e. The van der Waals surface area contributed by atoms with Crippen LogP contribution in [0.1, 0.15) is 21.5 Å². The van der Waals surface area contributed by atoms with Crippen molar-refractivity contribution in [3.05, 3.63) is 101 Å². The molecule has 1 aromatic heterocycles. The fourth-order valence-corrected chi connectivity index (χ4v) is 3.51. The van der Waals surface area contributed by atoms with Gasteiger partial charge in [0.1, 0.15) is 11.6 Å². The molecule has 0 aliphatic heterocycles. The Morgan fingerprint density at radius 1 is 0.971 bits per heavy atom. The molecule has 0 atom stereocenters. The number of halogens is 3. The normalized spacial score (nSPS) is 10.1. The minimum absolute atomic E-state index is 0. The molecule has 0 aliphatic carbocycles. The molecule has 0 aliphatic rings. The third-order valence-corrected chi connectivity index (χ3v) is 4.98. The lowest BCUT2D eigenvalue weighted by atomic mass is 10.0. The van der Waals surface area contributed by atoms with Crippen LogP contribution in [-0.2, 0) is 6.54 Å². The van der Waals surface area contributed by atoms with Crippen LogP contribution in [0.15, 0.2) is 78.9 Å². The van der Waals surface area contributed by atoms with Gasteiger partial charge in [-0.15, -0.1) is 24.8 Å². The van der Waals surface area contributed by atoms with E-state index < -0.39 is 11.8 Å². The van der Waals surface area contributed by atoms with E-state index in [4.69, 9.17) is 10.5 Å². The molecule has 0 unspecified atom stereocenters. The van der Waals surface area contributed by atoms with Crippen molar-refractivity contribution >= 4 is 30.8 Å². The Morgan fingerprint density at radius 2 is 1.74 bits per heavy atom. The van der Waals surface area contributed by atoms with Crippen LogP contribution >= 0.6 is 24.8 Å². The van der Waals surface area contributed by atoms with Crippen molar-refractivity contribution in [3.63, 3.8) is 0 Å². The molecule has 5 nitrogen and oxygen atoms in total. The zero-order valence-electron chi connectivity index (χ0n) is 18.2. The standard InChI is InChI=1S/C26H21FN2O3.2ClH/c1-16-10-19(18-5-2-4-17(12-18)15-28)13-21(11-16)32-25-7-3-6-24(29-25)22-9-8-20(27)14-23(22)26(30)31;;/h2-14H,15,28H2,1H3,(H,30,31);2*1H. The first-order valence-corrected chi connectivity index (χ1v) is 10.0. The third-order valence-electron chi connectivity index (χ3n) is 4.98. The number of nitrogens with zero attached hydrogens (tertiary/aromatic N) is 1. The number of carboxylic acids is 1. The lowest BCUT2D eigenvalue weighted by Gasteiger charge is -2.11. The number of carboxylic acid groups (broad SMARTS) is 1.